The van der Waals surface area contributed by atoms with Gasteiger partial charge in [-0.3, -0.25) is 4.79 Å². The lowest BCUT2D eigenvalue weighted by molar-refractivity contribution is -0.139. The van der Waals surface area contributed by atoms with Gasteiger partial charge in [0.25, 0.3) is 0 Å². The molecule has 0 aromatic heterocycles. The Kier molecular flexibility index (Phi) is 10.5. The minimum absolute atomic E-state index is 0.0263. The van der Waals surface area contributed by atoms with Crippen molar-refractivity contribution in [2.75, 3.05) is 11.9 Å². The van der Waals surface area contributed by atoms with Crippen LogP contribution in [0.1, 0.15) is 69.1 Å². The Morgan fingerprint density at radius 1 is 0.857 bits per heavy atom. The van der Waals surface area contributed by atoms with Crippen LogP contribution in [-0.2, 0) is 25.5 Å². The van der Waals surface area contributed by atoms with Gasteiger partial charge in [0.2, 0.25) is 11.8 Å². The van der Waals surface area contributed by atoms with Crippen LogP contribution in [0.25, 0.3) is 11.1 Å². The number of anilines is 1. The number of amides is 3. The van der Waals surface area contributed by atoms with E-state index < -0.39 is 66.4 Å². The molecule has 49 heavy (non-hydrogen) atoms. The molecule has 12 heteroatoms. The minimum atomic E-state index is -2.83. The highest BCUT2D eigenvalue weighted by Crippen LogP contribution is 2.44. The highest BCUT2D eigenvalue weighted by molar-refractivity contribution is 5.97. The van der Waals surface area contributed by atoms with Crippen molar-refractivity contribution in [3.05, 3.63) is 89.5 Å². The molecule has 2 aliphatic rings. The molecule has 0 spiro atoms. The highest BCUT2D eigenvalue weighted by Gasteiger charge is 2.41. The normalized spacial score (nSPS) is 16.8. The number of carbonyl (C=O) groups excluding carboxylic acids is 3. The molecule has 1 saturated carbocycles. The van der Waals surface area contributed by atoms with Crippen molar-refractivity contribution in [2.45, 2.75) is 82.4 Å². The summed E-state index contributed by atoms with van der Waals surface area (Å²) in [5, 5.41) is 17.4. The van der Waals surface area contributed by atoms with Crippen molar-refractivity contribution < 1.29 is 42.5 Å². The van der Waals surface area contributed by atoms with Crippen LogP contribution in [0.2, 0.25) is 0 Å². The average Bonchev–Trinajstić information content (AvgIpc) is 3.36. The molecule has 1 fully saturated rings. The lowest BCUT2D eigenvalue weighted by Crippen LogP contribution is -2.50. The Hall–Kier alpha value is -5.00. The molecule has 0 bridgehead atoms. The SMILES string of the molecule is CC(C)(C)OC(=O)NC(Cc1ccc(NC(=O)C(NC(=O)OCC2c3ccccc3-c3ccccc32)C2CCC(F)(F)CC2)cc1)C(=O)O. The van der Waals surface area contributed by atoms with Crippen molar-refractivity contribution in [1.82, 2.24) is 10.6 Å². The van der Waals surface area contributed by atoms with E-state index in [9.17, 15) is 33.1 Å². The van der Waals surface area contributed by atoms with E-state index in [1.807, 2.05) is 48.5 Å². The van der Waals surface area contributed by atoms with Crippen molar-refractivity contribution >= 4 is 29.8 Å². The fourth-order valence-corrected chi connectivity index (χ4v) is 6.39. The van der Waals surface area contributed by atoms with Crippen LogP contribution in [0.5, 0.6) is 0 Å². The van der Waals surface area contributed by atoms with E-state index in [2.05, 4.69) is 16.0 Å². The van der Waals surface area contributed by atoms with Gasteiger partial charge in [-0.2, -0.15) is 0 Å². The summed E-state index contributed by atoms with van der Waals surface area (Å²) in [5.41, 5.74) is 4.29. The van der Waals surface area contributed by atoms with Gasteiger partial charge in [-0.1, -0.05) is 60.7 Å². The second kappa shape index (κ2) is 14.6. The zero-order valence-corrected chi connectivity index (χ0v) is 27.6. The van der Waals surface area contributed by atoms with Gasteiger partial charge in [0, 0.05) is 30.9 Å². The number of rotatable bonds is 10. The summed E-state index contributed by atoms with van der Waals surface area (Å²) in [4.78, 5) is 50.7. The molecule has 2 aliphatic carbocycles. The number of hydrogen-bond acceptors (Lipinski definition) is 6. The molecule has 260 valence electrons. The number of alkyl halides is 2. The molecule has 3 aromatic carbocycles. The summed E-state index contributed by atoms with van der Waals surface area (Å²) < 4.78 is 38.9. The first kappa shape index (κ1) is 35.3. The largest absolute Gasteiger partial charge is 0.480 e. The molecule has 3 aromatic rings. The fourth-order valence-electron chi connectivity index (χ4n) is 6.39. The molecule has 0 aliphatic heterocycles. The summed E-state index contributed by atoms with van der Waals surface area (Å²) in [6.45, 7) is 5.02. The predicted octanol–water partition coefficient (Wildman–Crippen LogP) is 6.88. The molecule has 4 N–H and O–H groups in total. The molecular weight excluding hydrogens is 636 g/mol. The quantitative estimate of drug-likeness (QED) is 0.183. The van der Waals surface area contributed by atoms with E-state index in [0.717, 1.165) is 22.3 Å². The lowest BCUT2D eigenvalue weighted by Gasteiger charge is -2.33. The summed E-state index contributed by atoms with van der Waals surface area (Å²) in [6.07, 6.45) is -2.46. The molecule has 0 saturated heterocycles. The number of aliphatic carboxylic acids is 1. The second-order valence-electron chi connectivity index (χ2n) is 13.6. The van der Waals surface area contributed by atoms with Crippen LogP contribution >= 0.6 is 0 Å². The number of carboxylic acid groups (broad SMARTS) is 1. The number of nitrogens with one attached hydrogen (secondary N) is 3. The van der Waals surface area contributed by atoms with Gasteiger partial charge in [0.15, 0.2) is 0 Å². The van der Waals surface area contributed by atoms with Crippen molar-refractivity contribution in [3.8, 4) is 11.1 Å². The van der Waals surface area contributed by atoms with Gasteiger partial charge in [-0.25, -0.2) is 23.2 Å². The first-order valence-corrected chi connectivity index (χ1v) is 16.3. The van der Waals surface area contributed by atoms with Crippen LogP contribution in [0, 0.1) is 5.92 Å². The standard InChI is InChI=1S/C37H41F2N3O7/c1-36(2,3)49-35(47)41-30(33(44)45)20-22-12-14-24(15-13-22)40-32(43)31(23-16-18-37(38,39)19-17-23)42-34(46)48-21-29-27-10-6-4-8-25(27)26-9-5-7-11-28(26)29/h4-15,23,29-31H,16-21H2,1-3H3,(H,40,43)(H,41,47)(H,42,46)(H,44,45). The number of carbonyl (C=O) groups is 4. The number of ether oxygens (including phenoxy) is 2. The Morgan fingerprint density at radius 3 is 1.98 bits per heavy atom. The number of hydrogen-bond donors (Lipinski definition) is 4. The smallest absolute Gasteiger partial charge is 0.408 e. The van der Waals surface area contributed by atoms with Crippen LogP contribution in [-0.4, -0.2) is 59.4 Å². The molecule has 10 nitrogen and oxygen atoms in total. The molecule has 3 amide bonds. The van der Waals surface area contributed by atoms with Gasteiger partial charge in [-0.15, -0.1) is 0 Å². The topological polar surface area (TPSA) is 143 Å². The number of fused-ring (bicyclic) bond motifs is 3. The molecule has 0 radical (unpaired) electrons. The fraction of sp³-hybridized carbons (Fsp3) is 0.405. The van der Waals surface area contributed by atoms with Gasteiger partial charge in [0.05, 0.1) is 0 Å². The van der Waals surface area contributed by atoms with Gasteiger partial charge < -0.3 is 30.5 Å². The van der Waals surface area contributed by atoms with E-state index in [1.54, 1.807) is 45.0 Å². The summed E-state index contributed by atoms with van der Waals surface area (Å²) in [6, 6.07) is 19.7. The maximum Gasteiger partial charge on any atom is 0.408 e. The Bertz CT molecular complexity index is 1630. The first-order valence-electron chi connectivity index (χ1n) is 16.3. The molecule has 5 rings (SSSR count). The highest BCUT2D eigenvalue weighted by atomic mass is 19.3. The summed E-state index contributed by atoms with van der Waals surface area (Å²) in [7, 11) is 0. The molecule has 2 atom stereocenters. The van der Waals surface area contributed by atoms with E-state index >= 15 is 0 Å². The minimum Gasteiger partial charge on any atom is -0.480 e. The van der Waals surface area contributed by atoms with E-state index in [4.69, 9.17) is 9.47 Å². The number of benzene rings is 3. The lowest BCUT2D eigenvalue weighted by atomic mass is 9.81. The Balaban J connectivity index is 1.23. The van der Waals surface area contributed by atoms with E-state index in [0.29, 0.717) is 11.3 Å². The summed E-state index contributed by atoms with van der Waals surface area (Å²) in [5.74, 6) is -5.41. The van der Waals surface area contributed by atoms with E-state index in [-0.39, 0.29) is 31.8 Å². The van der Waals surface area contributed by atoms with Crippen molar-refractivity contribution in [3.63, 3.8) is 0 Å². The number of alkyl carbamates (subject to hydrolysis) is 2. The van der Waals surface area contributed by atoms with Crippen LogP contribution in [0.4, 0.5) is 24.1 Å². The van der Waals surface area contributed by atoms with Crippen molar-refractivity contribution in [1.29, 1.82) is 0 Å². The van der Waals surface area contributed by atoms with E-state index in [1.165, 1.54) is 0 Å². The van der Waals surface area contributed by atoms with Crippen LogP contribution < -0.4 is 16.0 Å². The summed E-state index contributed by atoms with van der Waals surface area (Å²) >= 11 is 0. The molecule has 2 unspecified atom stereocenters. The maximum atomic E-state index is 14.0. The third kappa shape index (κ3) is 9.13. The first-order chi connectivity index (χ1) is 23.2. The maximum absolute atomic E-state index is 14.0. The predicted molar refractivity (Wildman–Crippen MR) is 178 cm³/mol. The number of halogens is 2. The van der Waals surface area contributed by atoms with Gasteiger partial charge >= 0.3 is 18.2 Å². The zero-order chi connectivity index (χ0) is 35.3. The van der Waals surface area contributed by atoms with Crippen molar-refractivity contribution in [2.24, 2.45) is 5.92 Å². The Morgan fingerprint density at radius 2 is 1.43 bits per heavy atom. The third-order valence-corrected chi connectivity index (χ3v) is 8.78. The van der Waals surface area contributed by atoms with Crippen LogP contribution in [0.3, 0.4) is 0 Å². The second-order valence-corrected chi connectivity index (χ2v) is 13.6. The Labute approximate surface area is 283 Å². The molecular formula is C37H41F2N3O7. The third-order valence-electron chi connectivity index (χ3n) is 8.78. The molecule has 0 heterocycles. The van der Waals surface area contributed by atoms with Gasteiger partial charge in [0.1, 0.15) is 24.3 Å². The zero-order valence-electron chi connectivity index (χ0n) is 27.6. The average molecular weight is 678 g/mol. The van der Waals surface area contributed by atoms with Crippen LogP contribution in [0.15, 0.2) is 72.8 Å². The van der Waals surface area contributed by atoms with Gasteiger partial charge in [-0.05, 0) is 79.5 Å². The monoisotopic (exact) mass is 677 g/mol. The number of carboxylic acids is 1.